The summed E-state index contributed by atoms with van der Waals surface area (Å²) >= 11 is 0. The summed E-state index contributed by atoms with van der Waals surface area (Å²) in [5.74, 6) is 2.11. The van der Waals surface area contributed by atoms with Crippen LogP contribution < -0.4 is 32.3 Å². The second-order valence-corrected chi connectivity index (χ2v) is 15.3. The van der Waals surface area contributed by atoms with Gasteiger partial charge in [-0.25, -0.2) is 5.98 Å². The molecule has 0 unspecified atom stereocenters. The quantitative estimate of drug-likeness (QED) is 0.113. The van der Waals surface area contributed by atoms with Crippen LogP contribution >= 0.6 is 7.26 Å². The Balaban J connectivity index is 0.000000168. The van der Waals surface area contributed by atoms with Gasteiger partial charge in [0.2, 0.25) is 0 Å². The third kappa shape index (κ3) is 6.83. The predicted octanol–water partition coefficient (Wildman–Crippen LogP) is 8.06. The SMILES string of the molecule is C=C[B-](c1ccccc1)(c1ccccc1)c1ccccc1.c1ccc(C[P+](c2ccccc2)(c2ccccc2)c2ccccc2)cc1. The van der Waals surface area contributed by atoms with Crippen molar-refractivity contribution in [2.75, 3.05) is 0 Å². The maximum Gasteiger partial charge on any atom is 0.116 e. The second kappa shape index (κ2) is 15.4. The third-order valence-corrected chi connectivity index (χ3v) is 13.6. The Morgan fingerprint density at radius 2 is 0.617 bits per heavy atom. The molecule has 0 aliphatic carbocycles. The van der Waals surface area contributed by atoms with E-state index < -0.39 is 13.4 Å². The lowest BCUT2D eigenvalue weighted by Crippen LogP contribution is -2.65. The van der Waals surface area contributed by atoms with E-state index in [1.165, 1.54) is 37.9 Å². The topological polar surface area (TPSA) is 0 Å². The molecule has 47 heavy (non-hydrogen) atoms. The Hall–Kier alpha value is -5.23. The lowest BCUT2D eigenvalue weighted by molar-refractivity contribution is 1.39. The van der Waals surface area contributed by atoms with Crippen LogP contribution in [-0.4, -0.2) is 6.15 Å². The minimum Gasteiger partial charge on any atom is -0.239 e. The molecule has 0 atom stereocenters. The van der Waals surface area contributed by atoms with Gasteiger partial charge in [-0.2, -0.15) is 16.4 Å². The molecule has 0 saturated heterocycles. The van der Waals surface area contributed by atoms with Crippen LogP contribution in [0.1, 0.15) is 5.56 Å². The van der Waals surface area contributed by atoms with E-state index in [0.717, 1.165) is 6.16 Å². The Labute approximate surface area is 281 Å². The van der Waals surface area contributed by atoms with E-state index in [-0.39, 0.29) is 0 Å². The van der Waals surface area contributed by atoms with Gasteiger partial charge in [-0.15, -0.1) is 6.58 Å². The monoisotopic (exact) mass is 622 g/mol. The molecular weight excluding hydrogens is 582 g/mol. The highest BCUT2D eigenvalue weighted by Crippen LogP contribution is 2.58. The fourth-order valence-corrected chi connectivity index (χ4v) is 11.1. The largest absolute Gasteiger partial charge is 0.239 e. The van der Waals surface area contributed by atoms with E-state index >= 15 is 0 Å². The van der Waals surface area contributed by atoms with Gasteiger partial charge in [-0.3, -0.25) is 0 Å². The normalized spacial score (nSPS) is 11.1. The van der Waals surface area contributed by atoms with E-state index in [2.05, 4.69) is 225 Å². The molecule has 0 aromatic heterocycles. The minimum atomic E-state index is -1.78. The van der Waals surface area contributed by atoms with Gasteiger partial charge in [0, 0.05) is 0 Å². The summed E-state index contributed by atoms with van der Waals surface area (Å²) in [6, 6.07) is 76.0. The minimum absolute atomic E-state index is 1.03. The van der Waals surface area contributed by atoms with Crippen LogP contribution in [0.4, 0.5) is 0 Å². The Morgan fingerprint density at radius 1 is 0.362 bits per heavy atom. The van der Waals surface area contributed by atoms with Crippen molar-refractivity contribution in [1.29, 1.82) is 0 Å². The number of benzene rings is 7. The lowest BCUT2D eigenvalue weighted by Gasteiger charge is -2.40. The molecule has 0 heterocycles. The Morgan fingerprint density at radius 3 is 0.894 bits per heavy atom. The van der Waals surface area contributed by atoms with Crippen molar-refractivity contribution < 1.29 is 0 Å². The molecule has 0 saturated carbocycles. The molecule has 0 aliphatic rings. The van der Waals surface area contributed by atoms with Crippen molar-refractivity contribution in [2.45, 2.75) is 6.16 Å². The molecule has 0 bridgehead atoms. The first-order chi connectivity index (χ1) is 23.3. The Bertz CT molecular complexity index is 1740. The van der Waals surface area contributed by atoms with Crippen LogP contribution in [0.15, 0.2) is 225 Å². The highest BCUT2D eigenvalue weighted by molar-refractivity contribution is 7.95. The summed E-state index contributed by atoms with van der Waals surface area (Å²) in [4.78, 5) is 0. The number of hydrogen-bond acceptors (Lipinski definition) is 0. The van der Waals surface area contributed by atoms with Crippen LogP contribution in [0.25, 0.3) is 0 Å². The fourth-order valence-electron chi connectivity index (χ4n) is 6.88. The maximum absolute atomic E-state index is 4.19. The van der Waals surface area contributed by atoms with Crippen molar-refractivity contribution in [3.63, 3.8) is 0 Å². The Kier molecular flexibility index (Phi) is 10.4. The average Bonchev–Trinajstić information content (AvgIpc) is 3.17. The van der Waals surface area contributed by atoms with Gasteiger partial charge in [-0.05, 0) is 42.0 Å². The van der Waals surface area contributed by atoms with Gasteiger partial charge in [0.25, 0.3) is 0 Å². The van der Waals surface area contributed by atoms with Gasteiger partial charge in [0.1, 0.15) is 23.2 Å². The maximum atomic E-state index is 4.19. The van der Waals surface area contributed by atoms with Gasteiger partial charge in [-0.1, -0.05) is 176 Å². The van der Waals surface area contributed by atoms with E-state index in [0.29, 0.717) is 0 Å². The molecule has 0 fully saturated rings. The summed E-state index contributed by atoms with van der Waals surface area (Å²) in [5, 5.41) is 4.30. The summed E-state index contributed by atoms with van der Waals surface area (Å²) in [6.45, 7) is 4.19. The molecular formula is C45H40BP. The van der Waals surface area contributed by atoms with Crippen molar-refractivity contribution in [3.8, 4) is 0 Å². The van der Waals surface area contributed by atoms with Crippen LogP contribution in [-0.2, 0) is 6.16 Å². The fraction of sp³-hybridized carbons (Fsp3) is 0.0222. The molecule has 0 spiro atoms. The molecule has 228 valence electrons. The van der Waals surface area contributed by atoms with E-state index in [1.807, 2.05) is 0 Å². The molecule has 0 N–H and O–H groups in total. The standard InChI is InChI=1S/C25H22P.C20H18B/c1-5-13-22(14-6-1)21-26(23-15-7-2-8-16-23,24-17-9-3-10-18-24)25-19-11-4-12-20-25;1-2-21(18-12-6-3-7-13-18,19-14-8-4-9-15-19)20-16-10-5-11-17-20/h1-20H,21H2;2-17H,1H2/q+1;-1. The van der Waals surface area contributed by atoms with Gasteiger partial charge in [0.05, 0.1) is 12.3 Å². The first-order valence-corrected chi connectivity index (χ1v) is 18.3. The van der Waals surface area contributed by atoms with Gasteiger partial charge in [0.15, 0.2) is 0 Å². The molecule has 0 aliphatic heterocycles. The zero-order valence-electron chi connectivity index (χ0n) is 26.7. The first-order valence-electron chi connectivity index (χ1n) is 16.3. The van der Waals surface area contributed by atoms with Crippen LogP contribution in [0.2, 0.25) is 0 Å². The summed E-state index contributed by atoms with van der Waals surface area (Å²) in [7, 11) is -1.78. The van der Waals surface area contributed by atoms with E-state index in [1.54, 1.807) is 0 Å². The zero-order valence-corrected chi connectivity index (χ0v) is 27.6. The molecule has 7 aromatic carbocycles. The van der Waals surface area contributed by atoms with Gasteiger partial charge >= 0.3 is 0 Å². The molecule has 2 heteroatoms. The summed E-state index contributed by atoms with van der Waals surface area (Å²) < 4.78 is 0. The number of hydrogen-bond donors (Lipinski definition) is 0. The summed E-state index contributed by atoms with van der Waals surface area (Å²) in [6.07, 6.45) is -0.100. The van der Waals surface area contributed by atoms with Crippen molar-refractivity contribution in [1.82, 2.24) is 0 Å². The predicted molar refractivity (Wildman–Crippen MR) is 209 cm³/mol. The lowest BCUT2D eigenvalue weighted by atomic mass is 9.16. The molecule has 7 aromatic rings. The van der Waals surface area contributed by atoms with Crippen LogP contribution in [0, 0.1) is 0 Å². The van der Waals surface area contributed by atoms with E-state index in [4.69, 9.17) is 0 Å². The first kappa shape index (κ1) is 31.7. The molecule has 0 nitrogen and oxygen atoms in total. The van der Waals surface area contributed by atoms with E-state index in [9.17, 15) is 0 Å². The van der Waals surface area contributed by atoms with Crippen LogP contribution in [0.5, 0.6) is 0 Å². The number of rotatable bonds is 9. The van der Waals surface area contributed by atoms with Gasteiger partial charge < -0.3 is 0 Å². The molecule has 0 amide bonds. The average molecular weight is 623 g/mol. The smallest absolute Gasteiger partial charge is 0.116 e. The van der Waals surface area contributed by atoms with Crippen molar-refractivity contribution in [2.24, 2.45) is 0 Å². The highest BCUT2D eigenvalue weighted by Gasteiger charge is 2.45. The molecule has 7 rings (SSSR count). The zero-order chi connectivity index (χ0) is 32.2. The highest BCUT2D eigenvalue weighted by atomic mass is 31.2. The van der Waals surface area contributed by atoms with Crippen LogP contribution in [0.3, 0.4) is 0 Å². The van der Waals surface area contributed by atoms with Crippen molar-refractivity contribution >= 4 is 45.7 Å². The van der Waals surface area contributed by atoms with Crippen molar-refractivity contribution in [3.05, 3.63) is 230 Å². The summed E-state index contributed by atoms with van der Waals surface area (Å²) in [5.41, 5.74) is 5.28. The second-order valence-electron chi connectivity index (χ2n) is 11.9. The molecule has 0 radical (unpaired) electrons. The third-order valence-electron chi connectivity index (χ3n) is 9.18.